The van der Waals surface area contributed by atoms with Gasteiger partial charge < -0.3 is 4.74 Å². The van der Waals surface area contributed by atoms with E-state index in [-0.39, 0.29) is 12.4 Å². The quantitative estimate of drug-likeness (QED) is 0.350. The first-order valence-corrected chi connectivity index (χ1v) is 9.34. The predicted molar refractivity (Wildman–Crippen MR) is 113 cm³/mol. The third kappa shape index (κ3) is 4.06. The second-order valence-corrected chi connectivity index (χ2v) is 6.77. The second-order valence-electron chi connectivity index (χ2n) is 6.77. The third-order valence-electron chi connectivity index (χ3n) is 4.71. The number of ketones is 1. The van der Waals surface area contributed by atoms with E-state index in [1.807, 2.05) is 73.7 Å². The maximum Gasteiger partial charge on any atom is 0.339 e. The number of carbonyl (C=O) groups excluding carboxylic acids is 2. The Bertz CT molecular complexity index is 1180. The Hall–Kier alpha value is -3.79. The van der Waals surface area contributed by atoms with Crippen molar-refractivity contribution in [2.75, 3.05) is 6.61 Å². The first kappa shape index (κ1) is 18.6. The number of esters is 1. The van der Waals surface area contributed by atoms with Crippen LogP contribution in [0, 0.1) is 6.92 Å². The molecule has 4 nitrogen and oxygen atoms in total. The van der Waals surface area contributed by atoms with Gasteiger partial charge in [-0.3, -0.25) is 9.78 Å². The number of hydrogen-bond donors (Lipinski definition) is 0. The number of pyridine rings is 1. The van der Waals surface area contributed by atoms with Crippen LogP contribution in [-0.4, -0.2) is 23.3 Å². The molecule has 4 aromatic rings. The molecular formula is C25H19NO3. The minimum atomic E-state index is -0.527. The molecule has 1 aromatic heterocycles. The van der Waals surface area contributed by atoms with E-state index in [1.165, 1.54) is 0 Å². The highest BCUT2D eigenvalue weighted by Gasteiger charge is 2.15. The van der Waals surface area contributed by atoms with E-state index >= 15 is 0 Å². The fourth-order valence-corrected chi connectivity index (χ4v) is 3.25. The second kappa shape index (κ2) is 8.07. The summed E-state index contributed by atoms with van der Waals surface area (Å²) in [6.07, 6.45) is 0. The van der Waals surface area contributed by atoms with Gasteiger partial charge in [-0.2, -0.15) is 0 Å². The van der Waals surface area contributed by atoms with Crippen molar-refractivity contribution in [2.24, 2.45) is 0 Å². The van der Waals surface area contributed by atoms with Gasteiger partial charge in [-0.25, -0.2) is 4.79 Å². The number of Topliss-reactive ketones (excluding diaryl/α,β-unsaturated/α-hetero) is 1. The highest BCUT2D eigenvalue weighted by molar-refractivity contribution is 6.05. The lowest BCUT2D eigenvalue weighted by molar-refractivity contribution is 0.0476. The zero-order valence-corrected chi connectivity index (χ0v) is 16.0. The van der Waals surface area contributed by atoms with Gasteiger partial charge in [0.1, 0.15) is 0 Å². The lowest BCUT2D eigenvalue weighted by Gasteiger charge is -2.08. The summed E-state index contributed by atoms with van der Waals surface area (Å²) in [6.45, 7) is 1.52. The number of ether oxygens (including phenoxy) is 1. The molecule has 0 N–H and O–H groups in total. The van der Waals surface area contributed by atoms with Gasteiger partial charge >= 0.3 is 5.97 Å². The molecule has 0 bridgehead atoms. The molecule has 142 valence electrons. The molecule has 29 heavy (non-hydrogen) atoms. The van der Waals surface area contributed by atoms with Gasteiger partial charge in [0.05, 0.1) is 11.1 Å². The van der Waals surface area contributed by atoms with Crippen LogP contribution in [0.2, 0.25) is 0 Å². The number of benzene rings is 3. The molecule has 0 atom stereocenters. The number of aryl methyl sites for hydroxylation is 1. The fourth-order valence-electron chi connectivity index (χ4n) is 3.25. The van der Waals surface area contributed by atoms with Gasteiger partial charge in [0, 0.05) is 16.6 Å². The van der Waals surface area contributed by atoms with Crippen LogP contribution in [0.4, 0.5) is 0 Å². The minimum absolute atomic E-state index is 0.243. The van der Waals surface area contributed by atoms with Gasteiger partial charge in [0.2, 0.25) is 0 Å². The summed E-state index contributed by atoms with van der Waals surface area (Å²) in [5.74, 6) is -0.769. The van der Waals surface area contributed by atoms with Crippen LogP contribution in [0.15, 0.2) is 84.9 Å². The Balaban J connectivity index is 1.47. The summed E-state index contributed by atoms with van der Waals surface area (Å²) in [6, 6.07) is 26.3. The number of para-hydroxylation sites is 1. The van der Waals surface area contributed by atoms with Crippen molar-refractivity contribution in [1.29, 1.82) is 0 Å². The van der Waals surface area contributed by atoms with E-state index in [1.54, 1.807) is 18.2 Å². The Morgan fingerprint density at radius 2 is 1.48 bits per heavy atom. The molecule has 0 aliphatic heterocycles. The van der Waals surface area contributed by atoms with Crippen LogP contribution in [0.1, 0.15) is 26.4 Å². The van der Waals surface area contributed by atoms with Crippen molar-refractivity contribution in [1.82, 2.24) is 4.98 Å². The molecule has 0 unspecified atom stereocenters. The Morgan fingerprint density at radius 3 is 2.24 bits per heavy atom. The molecule has 4 heteroatoms. The molecule has 4 rings (SSSR count). The Labute approximate surface area is 168 Å². The molecular weight excluding hydrogens is 362 g/mol. The summed E-state index contributed by atoms with van der Waals surface area (Å²) in [5, 5.41) is 0.711. The van der Waals surface area contributed by atoms with Crippen LogP contribution in [0.25, 0.3) is 22.0 Å². The van der Waals surface area contributed by atoms with Crippen molar-refractivity contribution in [3.05, 3.63) is 102 Å². The average Bonchev–Trinajstić information content (AvgIpc) is 2.77. The SMILES string of the molecule is Cc1cc(C(=O)OCC(=O)c2ccc(-c3ccccc3)cc2)c2ccccc2n1. The number of rotatable bonds is 5. The molecule has 3 aromatic carbocycles. The van der Waals surface area contributed by atoms with Crippen molar-refractivity contribution in [2.45, 2.75) is 6.92 Å². The molecule has 0 radical (unpaired) electrons. The van der Waals surface area contributed by atoms with Crippen molar-refractivity contribution in [3.8, 4) is 11.1 Å². The lowest BCUT2D eigenvalue weighted by atomic mass is 10.0. The first-order chi connectivity index (χ1) is 14.1. The monoisotopic (exact) mass is 381 g/mol. The van der Waals surface area contributed by atoms with Gasteiger partial charge in [0.15, 0.2) is 12.4 Å². The molecule has 1 heterocycles. The molecule has 0 aliphatic carbocycles. The van der Waals surface area contributed by atoms with Crippen molar-refractivity contribution in [3.63, 3.8) is 0 Å². The summed E-state index contributed by atoms with van der Waals surface area (Å²) in [4.78, 5) is 29.5. The van der Waals surface area contributed by atoms with Crippen molar-refractivity contribution < 1.29 is 14.3 Å². The fraction of sp³-hybridized carbons (Fsp3) is 0.0800. The maximum absolute atomic E-state index is 12.6. The number of carbonyl (C=O) groups is 2. The van der Waals surface area contributed by atoms with Crippen LogP contribution >= 0.6 is 0 Å². The third-order valence-corrected chi connectivity index (χ3v) is 4.71. The summed E-state index contributed by atoms with van der Waals surface area (Å²) in [5.41, 5.74) is 4.48. The Kier molecular flexibility index (Phi) is 5.16. The zero-order chi connectivity index (χ0) is 20.2. The summed E-state index contributed by atoms with van der Waals surface area (Å²) >= 11 is 0. The van der Waals surface area contributed by atoms with E-state index in [9.17, 15) is 9.59 Å². The number of hydrogen-bond acceptors (Lipinski definition) is 4. The molecule has 0 fully saturated rings. The molecule has 0 saturated heterocycles. The van der Waals surface area contributed by atoms with Crippen LogP contribution in [0.5, 0.6) is 0 Å². The van der Waals surface area contributed by atoms with Gasteiger partial charge in [-0.15, -0.1) is 0 Å². The van der Waals surface area contributed by atoms with Crippen LogP contribution in [-0.2, 0) is 4.74 Å². The van der Waals surface area contributed by atoms with Crippen LogP contribution in [0.3, 0.4) is 0 Å². The molecule has 0 spiro atoms. The average molecular weight is 381 g/mol. The zero-order valence-electron chi connectivity index (χ0n) is 16.0. The van der Waals surface area contributed by atoms with Gasteiger partial charge in [-0.05, 0) is 30.2 Å². The van der Waals surface area contributed by atoms with E-state index < -0.39 is 5.97 Å². The highest BCUT2D eigenvalue weighted by Crippen LogP contribution is 2.21. The molecule has 0 saturated carbocycles. The van der Waals surface area contributed by atoms with Gasteiger partial charge in [-0.1, -0.05) is 72.8 Å². The van der Waals surface area contributed by atoms with Gasteiger partial charge in [0.25, 0.3) is 0 Å². The van der Waals surface area contributed by atoms with Crippen LogP contribution < -0.4 is 0 Å². The van der Waals surface area contributed by atoms with E-state index in [4.69, 9.17) is 4.74 Å². The lowest BCUT2D eigenvalue weighted by Crippen LogP contribution is -2.15. The summed E-state index contributed by atoms with van der Waals surface area (Å²) in [7, 11) is 0. The van der Waals surface area contributed by atoms with E-state index in [0.717, 1.165) is 22.3 Å². The predicted octanol–water partition coefficient (Wildman–Crippen LogP) is 5.25. The standard InChI is InChI=1S/C25H19NO3/c1-17-15-22(21-9-5-6-10-23(21)26-17)25(28)29-16-24(27)20-13-11-19(12-14-20)18-7-3-2-4-8-18/h2-15H,16H2,1H3. The summed E-state index contributed by atoms with van der Waals surface area (Å²) < 4.78 is 5.31. The largest absolute Gasteiger partial charge is 0.454 e. The van der Waals surface area contributed by atoms with E-state index in [0.29, 0.717) is 16.5 Å². The number of nitrogens with zero attached hydrogens (tertiary/aromatic N) is 1. The Morgan fingerprint density at radius 1 is 0.828 bits per heavy atom. The number of fused-ring (bicyclic) bond motifs is 1. The van der Waals surface area contributed by atoms with Crippen molar-refractivity contribution >= 4 is 22.7 Å². The normalized spacial score (nSPS) is 10.7. The maximum atomic E-state index is 12.6. The molecule has 0 aliphatic rings. The number of aromatic nitrogens is 1. The first-order valence-electron chi connectivity index (χ1n) is 9.34. The minimum Gasteiger partial charge on any atom is -0.454 e. The molecule has 0 amide bonds. The highest BCUT2D eigenvalue weighted by atomic mass is 16.5. The topological polar surface area (TPSA) is 56.3 Å². The smallest absolute Gasteiger partial charge is 0.339 e. The van der Waals surface area contributed by atoms with E-state index in [2.05, 4.69) is 4.98 Å².